The van der Waals surface area contributed by atoms with Gasteiger partial charge in [0.05, 0.1) is 5.69 Å². The number of unbranched alkanes of at least 4 members (excludes halogenated alkanes) is 1. The minimum atomic E-state index is -0.324. The molecule has 0 fully saturated rings. The number of aliphatic imine (C=N–C) groups is 1. The highest BCUT2D eigenvalue weighted by atomic mass is 35.5. The van der Waals surface area contributed by atoms with Gasteiger partial charge in [0.25, 0.3) is 5.91 Å². The van der Waals surface area contributed by atoms with Crippen LogP contribution in [0, 0.1) is 5.82 Å². The molecular weight excluding hydrogens is 411 g/mol. The number of amidine groups is 1. The first-order valence-electron chi connectivity index (χ1n) is 10.3. The Morgan fingerprint density at radius 3 is 2.29 bits per heavy atom. The normalized spacial score (nSPS) is 14.9. The van der Waals surface area contributed by atoms with Crippen molar-refractivity contribution in [1.29, 1.82) is 0 Å². The van der Waals surface area contributed by atoms with E-state index in [-0.39, 0.29) is 11.7 Å². The Labute approximate surface area is 186 Å². The van der Waals surface area contributed by atoms with Gasteiger partial charge in [-0.3, -0.25) is 9.69 Å². The van der Waals surface area contributed by atoms with E-state index in [0.717, 1.165) is 24.8 Å². The molecule has 31 heavy (non-hydrogen) atoms. The summed E-state index contributed by atoms with van der Waals surface area (Å²) in [6.45, 7) is 2.17. The Bertz CT molecular complexity index is 1130. The van der Waals surface area contributed by atoms with Crippen LogP contribution in [0.1, 0.15) is 36.5 Å². The summed E-state index contributed by atoms with van der Waals surface area (Å²) in [6, 6.07) is 21.2. The molecule has 0 radical (unpaired) electrons. The van der Waals surface area contributed by atoms with Crippen LogP contribution >= 0.6 is 11.6 Å². The van der Waals surface area contributed by atoms with Crippen LogP contribution in [0.2, 0.25) is 5.02 Å². The summed E-state index contributed by atoms with van der Waals surface area (Å²) in [7, 11) is 0. The molecule has 0 unspecified atom stereocenters. The average Bonchev–Trinajstić information content (AvgIpc) is 3.11. The van der Waals surface area contributed by atoms with Crippen molar-refractivity contribution in [3.05, 3.63) is 106 Å². The van der Waals surface area contributed by atoms with Crippen LogP contribution < -0.4 is 4.90 Å². The molecule has 0 bridgehead atoms. The van der Waals surface area contributed by atoms with Gasteiger partial charge in [-0.1, -0.05) is 61.3 Å². The quantitative estimate of drug-likeness (QED) is 0.401. The van der Waals surface area contributed by atoms with Gasteiger partial charge in [0.15, 0.2) is 0 Å². The fourth-order valence-electron chi connectivity index (χ4n) is 3.46. The first-order chi connectivity index (χ1) is 15.0. The van der Waals surface area contributed by atoms with Crippen molar-refractivity contribution >= 4 is 35.1 Å². The van der Waals surface area contributed by atoms with Crippen LogP contribution in [0.15, 0.2) is 83.5 Å². The van der Waals surface area contributed by atoms with Crippen LogP contribution in [0.5, 0.6) is 0 Å². The number of aryl methyl sites for hydroxylation is 1. The number of halogens is 2. The zero-order chi connectivity index (χ0) is 21.8. The third-order valence-electron chi connectivity index (χ3n) is 5.15. The first kappa shape index (κ1) is 21.0. The van der Waals surface area contributed by atoms with E-state index in [1.165, 1.54) is 17.7 Å². The van der Waals surface area contributed by atoms with E-state index in [9.17, 15) is 9.18 Å². The molecule has 156 valence electrons. The second kappa shape index (κ2) is 9.27. The second-order valence-electron chi connectivity index (χ2n) is 7.43. The minimum absolute atomic E-state index is 0.239. The lowest BCUT2D eigenvalue weighted by Gasteiger charge is -2.19. The first-order valence-corrected chi connectivity index (χ1v) is 10.7. The van der Waals surface area contributed by atoms with E-state index in [4.69, 9.17) is 11.6 Å². The highest BCUT2D eigenvalue weighted by Crippen LogP contribution is 2.29. The molecule has 1 amide bonds. The van der Waals surface area contributed by atoms with Crippen LogP contribution in [0.3, 0.4) is 0 Å². The molecular formula is C26H22ClFN2O. The van der Waals surface area contributed by atoms with Gasteiger partial charge in [-0.25, -0.2) is 9.38 Å². The Hall–Kier alpha value is -3.24. The molecule has 4 rings (SSSR count). The van der Waals surface area contributed by atoms with Crippen molar-refractivity contribution in [2.45, 2.75) is 26.2 Å². The molecule has 3 nitrogen and oxygen atoms in total. The van der Waals surface area contributed by atoms with Gasteiger partial charge in [-0.15, -0.1) is 0 Å². The fraction of sp³-hybridized carbons (Fsp3) is 0.154. The molecule has 0 aliphatic carbocycles. The predicted octanol–water partition coefficient (Wildman–Crippen LogP) is 6.66. The second-order valence-corrected chi connectivity index (χ2v) is 7.87. The molecule has 3 aromatic carbocycles. The summed E-state index contributed by atoms with van der Waals surface area (Å²) < 4.78 is 13.3. The largest absolute Gasteiger partial charge is 0.282 e. The highest BCUT2D eigenvalue weighted by Gasteiger charge is 2.32. The lowest BCUT2D eigenvalue weighted by atomic mass is 10.1. The molecule has 1 aliphatic rings. The van der Waals surface area contributed by atoms with Gasteiger partial charge in [-0.05, 0) is 66.4 Å². The molecule has 0 N–H and O–H groups in total. The van der Waals surface area contributed by atoms with E-state index in [1.54, 1.807) is 47.4 Å². The van der Waals surface area contributed by atoms with E-state index >= 15 is 0 Å². The zero-order valence-electron chi connectivity index (χ0n) is 17.2. The van der Waals surface area contributed by atoms with Crippen LogP contribution in [0.4, 0.5) is 10.1 Å². The maximum atomic E-state index is 13.3. The predicted molar refractivity (Wildman–Crippen MR) is 125 cm³/mol. The summed E-state index contributed by atoms with van der Waals surface area (Å²) >= 11 is 6.04. The smallest absolute Gasteiger partial charge is 0.266 e. The summed E-state index contributed by atoms with van der Waals surface area (Å²) in [5.41, 5.74) is 3.81. The molecule has 0 saturated heterocycles. The number of carbonyl (C=O) groups excluding carboxylic acids is 1. The van der Waals surface area contributed by atoms with Crippen molar-refractivity contribution in [3.63, 3.8) is 0 Å². The Balaban J connectivity index is 1.74. The summed E-state index contributed by atoms with van der Waals surface area (Å²) in [5, 5.41) is 0.594. The van der Waals surface area contributed by atoms with E-state index < -0.39 is 0 Å². The minimum Gasteiger partial charge on any atom is -0.266 e. The molecule has 0 spiro atoms. The molecule has 5 heteroatoms. The molecule has 0 saturated carbocycles. The number of benzene rings is 3. The molecule has 1 heterocycles. The van der Waals surface area contributed by atoms with Gasteiger partial charge in [0.1, 0.15) is 17.3 Å². The fourth-order valence-corrected chi connectivity index (χ4v) is 3.58. The monoisotopic (exact) mass is 432 g/mol. The third kappa shape index (κ3) is 4.75. The number of anilines is 1. The van der Waals surface area contributed by atoms with Gasteiger partial charge in [0, 0.05) is 10.6 Å². The van der Waals surface area contributed by atoms with Crippen LogP contribution in [-0.2, 0) is 11.2 Å². The van der Waals surface area contributed by atoms with Crippen molar-refractivity contribution in [1.82, 2.24) is 0 Å². The van der Waals surface area contributed by atoms with E-state index in [0.29, 0.717) is 27.8 Å². The Morgan fingerprint density at radius 2 is 1.65 bits per heavy atom. The lowest BCUT2D eigenvalue weighted by molar-refractivity contribution is -0.113. The van der Waals surface area contributed by atoms with Gasteiger partial charge in [0.2, 0.25) is 0 Å². The molecule has 1 aliphatic heterocycles. The van der Waals surface area contributed by atoms with Gasteiger partial charge in [-0.2, -0.15) is 0 Å². The third-order valence-corrected chi connectivity index (χ3v) is 5.40. The summed E-state index contributed by atoms with van der Waals surface area (Å²) in [5.74, 6) is -0.00512. The maximum absolute atomic E-state index is 13.3. The number of hydrogen-bond donors (Lipinski definition) is 0. The lowest BCUT2D eigenvalue weighted by Crippen LogP contribution is -2.32. The maximum Gasteiger partial charge on any atom is 0.282 e. The molecule has 0 aromatic heterocycles. The number of rotatable bonds is 6. The van der Waals surface area contributed by atoms with Crippen molar-refractivity contribution < 1.29 is 9.18 Å². The highest BCUT2D eigenvalue weighted by molar-refractivity contribution is 6.33. The molecule has 3 aromatic rings. The molecule has 0 atom stereocenters. The van der Waals surface area contributed by atoms with E-state index in [1.807, 2.05) is 12.1 Å². The number of nitrogens with zero attached hydrogens (tertiary/aromatic N) is 2. The van der Waals surface area contributed by atoms with Crippen molar-refractivity contribution in [2.75, 3.05) is 4.90 Å². The van der Waals surface area contributed by atoms with Crippen LogP contribution in [0.25, 0.3) is 6.08 Å². The van der Waals surface area contributed by atoms with Crippen molar-refractivity contribution in [2.24, 2.45) is 4.99 Å². The van der Waals surface area contributed by atoms with Crippen molar-refractivity contribution in [3.8, 4) is 0 Å². The summed E-state index contributed by atoms with van der Waals surface area (Å²) in [6.07, 6.45) is 4.98. The topological polar surface area (TPSA) is 32.7 Å². The number of hydrogen-bond acceptors (Lipinski definition) is 2. The zero-order valence-corrected chi connectivity index (χ0v) is 17.9. The summed E-state index contributed by atoms with van der Waals surface area (Å²) in [4.78, 5) is 19.5. The van der Waals surface area contributed by atoms with E-state index in [2.05, 4.69) is 24.0 Å². The van der Waals surface area contributed by atoms with Crippen LogP contribution in [-0.4, -0.2) is 11.7 Å². The van der Waals surface area contributed by atoms with Gasteiger partial charge >= 0.3 is 0 Å². The average molecular weight is 433 g/mol. The number of amides is 1. The Morgan fingerprint density at radius 1 is 0.968 bits per heavy atom. The SMILES string of the molecule is CCCCc1ccc(C2=N/C(=C\c3ccc(F)cc3)C(=O)N2c2ccc(Cl)cc2)cc1. The standard InChI is InChI=1S/C26H22ClFN2O/c1-2-3-4-18-5-9-20(10-6-18)25-29-24(17-19-7-13-22(28)14-8-19)26(31)30(25)23-15-11-21(27)12-16-23/h5-17H,2-4H2,1H3/b24-17-. The Kier molecular flexibility index (Phi) is 6.28. The van der Waals surface area contributed by atoms with Gasteiger partial charge < -0.3 is 0 Å². The number of carbonyl (C=O) groups is 1.